The van der Waals surface area contributed by atoms with Gasteiger partial charge in [0.2, 0.25) is 17.6 Å². The molecule has 1 aliphatic heterocycles. The molecule has 218 valence electrons. The number of rotatable bonds is 9. The molecule has 3 aliphatic carbocycles. The lowest BCUT2D eigenvalue weighted by Crippen LogP contribution is -2.61. The Labute approximate surface area is 231 Å². The molecule has 5 atom stereocenters. The zero-order valence-corrected chi connectivity index (χ0v) is 24.3. The number of amides is 4. The van der Waals surface area contributed by atoms with Gasteiger partial charge in [0.15, 0.2) is 0 Å². The molecule has 10 heteroatoms. The molecule has 4 rings (SSSR count). The van der Waals surface area contributed by atoms with Crippen LogP contribution in [0.2, 0.25) is 0 Å². The molecule has 39 heavy (non-hydrogen) atoms. The number of hydrogen-bond acceptors (Lipinski definition) is 6. The lowest BCUT2D eigenvalue weighted by Gasteiger charge is -2.39. The van der Waals surface area contributed by atoms with E-state index in [4.69, 9.17) is 10.5 Å². The summed E-state index contributed by atoms with van der Waals surface area (Å²) in [6, 6.07) is -2.72. The molecule has 1 heterocycles. The molecule has 4 aliphatic rings. The maximum Gasteiger partial charge on any atom is 0.408 e. The maximum absolute atomic E-state index is 14.0. The molecule has 0 radical (unpaired) electrons. The van der Waals surface area contributed by atoms with E-state index < -0.39 is 52.8 Å². The number of alkyl carbamates (subject to hydrolysis) is 1. The fraction of sp³-hybridized carbons (Fsp3) is 0.828. The predicted molar refractivity (Wildman–Crippen MR) is 144 cm³/mol. The summed E-state index contributed by atoms with van der Waals surface area (Å²) in [5, 5.41) is 5.60. The van der Waals surface area contributed by atoms with Crippen LogP contribution >= 0.6 is 0 Å². The zero-order chi connectivity index (χ0) is 28.9. The molecule has 1 saturated heterocycles. The van der Waals surface area contributed by atoms with Gasteiger partial charge in [-0.15, -0.1) is 0 Å². The molecule has 0 aromatic carbocycles. The van der Waals surface area contributed by atoms with Crippen molar-refractivity contribution in [2.45, 2.75) is 117 Å². The molecular formula is C29H46N4O6. The van der Waals surface area contributed by atoms with Crippen LogP contribution in [0.5, 0.6) is 0 Å². The molecular weight excluding hydrogens is 500 g/mol. The topological polar surface area (TPSA) is 148 Å². The molecule has 0 aromatic heterocycles. The second kappa shape index (κ2) is 10.4. The molecule has 4 N–H and O–H groups in total. The highest BCUT2D eigenvalue weighted by Gasteiger charge is 2.70. The van der Waals surface area contributed by atoms with Gasteiger partial charge in [0.05, 0.1) is 6.04 Å². The van der Waals surface area contributed by atoms with Gasteiger partial charge >= 0.3 is 6.09 Å². The zero-order valence-electron chi connectivity index (χ0n) is 24.3. The van der Waals surface area contributed by atoms with E-state index in [0.717, 1.165) is 44.9 Å². The largest absolute Gasteiger partial charge is 0.443 e. The minimum absolute atomic E-state index is 0.0829. The van der Waals surface area contributed by atoms with Gasteiger partial charge in [-0.05, 0) is 67.6 Å². The Bertz CT molecular complexity index is 1020. The van der Waals surface area contributed by atoms with E-state index in [-0.39, 0.29) is 29.1 Å². The van der Waals surface area contributed by atoms with Gasteiger partial charge in [-0.2, -0.15) is 0 Å². The molecule has 0 aromatic rings. The molecule has 4 amide bonds. The third kappa shape index (κ3) is 6.24. The monoisotopic (exact) mass is 546 g/mol. The number of likely N-dealkylation sites (tertiary alicyclic amines) is 1. The Hall–Kier alpha value is -2.65. The van der Waals surface area contributed by atoms with E-state index in [9.17, 15) is 24.0 Å². The molecule has 3 saturated carbocycles. The minimum Gasteiger partial charge on any atom is -0.443 e. The molecule has 4 fully saturated rings. The number of ketones is 1. The van der Waals surface area contributed by atoms with Crippen molar-refractivity contribution >= 4 is 29.6 Å². The first-order valence-electron chi connectivity index (χ1n) is 14.5. The SMILES string of the molecule is CC1(OC(=O)N[C@H](C(=O)N2C[C@H]3[C@@H]([C@H]2C(=O)NC(CC2CC2)C(=O)C(N)=O)C3(C)C)C(C)(C)C)CCCCC1. The van der Waals surface area contributed by atoms with Crippen LogP contribution in [0.25, 0.3) is 0 Å². The molecule has 1 unspecified atom stereocenters. The molecule has 0 spiro atoms. The molecule has 10 nitrogen and oxygen atoms in total. The van der Waals surface area contributed by atoms with Crippen LogP contribution in [0.15, 0.2) is 0 Å². The first kappa shape index (κ1) is 29.3. The van der Waals surface area contributed by atoms with E-state index in [1.54, 1.807) is 4.90 Å². The number of nitrogens with one attached hydrogen (secondary N) is 2. The standard InChI is InChI=1S/C29H46N4O6/c1-27(2,3)22(32-26(38)39-29(6)12-8-7-9-13-29)25(37)33-15-17-19(28(17,4)5)20(33)24(36)31-18(14-16-10-11-16)21(34)23(30)35/h16-20,22H,7-15H2,1-6H3,(H2,30,35)(H,31,36)(H,32,38)/t17-,18?,19-,20-,22+/m0/s1. The van der Waals surface area contributed by atoms with Crippen molar-refractivity contribution in [3.8, 4) is 0 Å². The average molecular weight is 547 g/mol. The van der Waals surface area contributed by atoms with Crippen molar-refractivity contribution in [1.29, 1.82) is 0 Å². The van der Waals surface area contributed by atoms with E-state index in [0.29, 0.717) is 13.0 Å². The lowest BCUT2D eigenvalue weighted by atomic mass is 9.85. The summed E-state index contributed by atoms with van der Waals surface area (Å²) in [5.74, 6) is -2.38. The smallest absolute Gasteiger partial charge is 0.408 e. The van der Waals surface area contributed by atoms with Crippen molar-refractivity contribution in [3.63, 3.8) is 0 Å². The van der Waals surface area contributed by atoms with Gasteiger partial charge in [0.1, 0.15) is 17.7 Å². The van der Waals surface area contributed by atoms with Gasteiger partial charge < -0.3 is 26.0 Å². The van der Waals surface area contributed by atoms with E-state index in [2.05, 4.69) is 24.5 Å². The maximum atomic E-state index is 14.0. The number of hydrogen-bond donors (Lipinski definition) is 3. The predicted octanol–water partition coefficient (Wildman–Crippen LogP) is 2.67. The number of primary amides is 1. The van der Waals surface area contributed by atoms with Gasteiger partial charge in [0.25, 0.3) is 5.91 Å². The Morgan fingerprint density at radius 1 is 1.00 bits per heavy atom. The first-order chi connectivity index (χ1) is 18.0. The summed E-state index contributed by atoms with van der Waals surface area (Å²) in [4.78, 5) is 66.5. The number of carbonyl (C=O) groups is 5. The Balaban J connectivity index is 1.52. The summed E-state index contributed by atoms with van der Waals surface area (Å²) in [6.45, 7) is 12.1. The Kier molecular flexibility index (Phi) is 7.82. The van der Waals surface area contributed by atoms with Gasteiger partial charge in [-0.3, -0.25) is 19.2 Å². The van der Waals surface area contributed by atoms with E-state index in [1.165, 1.54) is 0 Å². The summed E-state index contributed by atoms with van der Waals surface area (Å²) < 4.78 is 5.82. The van der Waals surface area contributed by atoms with Crippen LogP contribution in [-0.4, -0.2) is 64.8 Å². The summed E-state index contributed by atoms with van der Waals surface area (Å²) in [6.07, 6.45) is 6.30. The van der Waals surface area contributed by atoms with Crippen molar-refractivity contribution in [3.05, 3.63) is 0 Å². The fourth-order valence-corrected chi connectivity index (χ4v) is 6.75. The second-order valence-electron chi connectivity index (χ2n) is 14.2. The van der Waals surface area contributed by atoms with Crippen molar-refractivity contribution in [1.82, 2.24) is 15.5 Å². The first-order valence-corrected chi connectivity index (χ1v) is 14.5. The van der Waals surface area contributed by atoms with Crippen LogP contribution in [0.1, 0.15) is 92.9 Å². The summed E-state index contributed by atoms with van der Waals surface area (Å²) >= 11 is 0. The van der Waals surface area contributed by atoms with Crippen LogP contribution < -0.4 is 16.4 Å². The number of carbonyl (C=O) groups excluding carboxylic acids is 5. The normalized spacial score (nSPS) is 28.5. The van der Waals surface area contributed by atoms with Crippen molar-refractivity contribution in [2.24, 2.45) is 34.3 Å². The minimum atomic E-state index is -1.08. The van der Waals surface area contributed by atoms with Gasteiger partial charge in [-0.1, -0.05) is 53.9 Å². The Morgan fingerprint density at radius 2 is 1.62 bits per heavy atom. The van der Waals surface area contributed by atoms with Crippen molar-refractivity contribution < 1.29 is 28.7 Å². The average Bonchev–Trinajstić information content (AvgIpc) is 3.68. The van der Waals surface area contributed by atoms with E-state index >= 15 is 0 Å². The number of Topliss-reactive ketones (excluding diaryl/α,β-unsaturated/α-hetero) is 1. The number of ether oxygens (including phenoxy) is 1. The third-order valence-corrected chi connectivity index (χ3v) is 9.53. The van der Waals surface area contributed by atoms with Gasteiger partial charge in [0, 0.05) is 6.54 Å². The molecule has 0 bridgehead atoms. The third-order valence-electron chi connectivity index (χ3n) is 9.53. The van der Waals surface area contributed by atoms with Crippen LogP contribution in [0.4, 0.5) is 4.79 Å². The quantitative estimate of drug-likeness (QED) is 0.379. The summed E-state index contributed by atoms with van der Waals surface area (Å²) in [5.41, 5.74) is 3.92. The van der Waals surface area contributed by atoms with E-state index in [1.807, 2.05) is 27.7 Å². The van der Waals surface area contributed by atoms with Crippen LogP contribution in [0.3, 0.4) is 0 Å². The highest BCUT2D eigenvalue weighted by molar-refractivity contribution is 6.37. The number of nitrogens with two attached hydrogens (primary N) is 1. The number of fused-ring (bicyclic) bond motifs is 1. The highest BCUT2D eigenvalue weighted by Crippen LogP contribution is 2.65. The summed E-state index contributed by atoms with van der Waals surface area (Å²) in [7, 11) is 0. The second-order valence-corrected chi connectivity index (χ2v) is 14.2. The lowest BCUT2D eigenvalue weighted by molar-refractivity contribution is -0.145. The number of nitrogens with zero attached hydrogens (tertiary/aromatic N) is 1. The van der Waals surface area contributed by atoms with Gasteiger partial charge in [-0.25, -0.2) is 4.79 Å². The van der Waals surface area contributed by atoms with Crippen molar-refractivity contribution in [2.75, 3.05) is 6.54 Å². The highest BCUT2D eigenvalue weighted by atomic mass is 16.6. The van der Waals surface area contributed by atoms with Crippen LogP contribution in [-0.2, 0) is 23.9 Å². The fourth-order valence-electron chi connectivity index (χ4n) is 6.75. The van der Waals surface area contributed by atoms with Crippen LogP contribution in [0, 0.1) is 28.6 Å². The number of piperidine rings is 1. The Morgan fingerprint density at radius 3 is 2.15 bits per heavy atom.